The highest BCUT2D eigenvalue weighted by molar-refractivity contribution is 5.93. The lowest BCUT2D eigenvalue weighted by atomic mass is 10.1. The fourth-order valence-corrected chi connectivity index (χ4v) is 2.91. The number of aromatic nitrogens is 4. The number of likely N-dealkylation sites (N-methyl/N-ethyl adjacent to an activating group) is 1. The number of amides is 2. The first kappa shape index (κ1) is 14.4. The molecule has 2 aromatic heterocycles. The van der Waals surface area contributed by atoms with Crippen LogP contribution in [-0.4, -0.2) is 63.9 Å². The van der Waals surface area contributed by atoms with Crippen molar-refractivity contribution in [2.75, 3.05) is 43.0 Å². The van der Waals surface area contributed by atoms with Crippen LogP contribution < -0.4 is 9.80 Å². The first-order valence-electron chi connectivity index (χ1n) is 7.69. The van der Waals surface area contributed by atoms with Crippen molar-refractivity contribution in [1.29, 1.82) is 5.26 Å². The summed E-state index contributed by atoms with van der Waals surface area (Å²) in [5.41, 5.74) is 1.15. The third-order valence-electron chi connectivity index (χ3n) is 4.43. The summed E-state index contributed by atoms with van der Waals surface area (Å²) in [7, 11) is 1.80. The van der Waals surface area contributed by atoms with Crippen molar-refractivity contribution >= 4 is 17.5 Å². The molecule has 9 nitrogen and oxygen atoms in total. The van der Waals surface area contributed by atoms with Gasteiger partial charge < -0.3 is 9.80 Å². The van der Waals surface area contributed by atoms with Crippen molar-refractivity contribution in [3.63, 3.8) is 0 Å². The third kappa shape index (κ3) is 2.32. The van der Waals surface area contributed by atoms with Crippen LogP contribution in [0.4, 0.5) is 16.3 Å². The molecule has 2 saturated heterocycles. The molecule has 24 heavy (non-hydrogen) atoms. The van der Waals surface area contributed by atoms with E-state index in [0.717, 1.165) is 31.1 Å². The van der Waals surface area contributed by atoms with E-state index in [4.69, 9.17) is 5.26 Å². The van der Waals surface area contributed by atoms with E-state index < -0.39 is 0 Å². The van der Waals surface area contributed by atoms with E-state index >= 15 is 0 Å². The minimum Gasteiger partial charge on any atom is -0.351 e. The quantitative estimate of drug-likeness (QED) is 0.815. The van der Waals surface area contributed by atoms with Crippen LogP contribution in [0.1, 0.15) is 11.7 Å². The molecule has 0 aliphatic carbocycles. The molecule has 0 aromatic carbocycles. The van der Waals surface area contributed by atoms with Crippen LogP contribution in [0.5, 0.6) is 0 Å². The number of nitrogens with zero attached hydrogens (tertiary/aromatic N) is 8. The molecule has 0 atom stereocenters. The maximum absolute atomic E-state index is 12.0. The molecule has 2 fully saturated rings. The van der Waals surface area contributed by atoms with Gasteiger partial charge in [-0.2, -0.15) is 10.4 Å². The summed E-state index contributed by atoms with van der Waals surface area (Å²) in [6.45, 7) is 2.97. The van der Waals surface area contributed by atoms with Gasteiger partial charge in [0.05, 0.1) is 30.3 Å². The van der Waals surface area contributed by atoms with E-state index in [1.807, 2.05) is 16.9 Å². The van der Waals surface area contributed by atoms with E-state index in [1.54, 1.807) is 29.2 Å². The third-order valence-corrected chi connectivity index (χ3v) is 4.43. The number of rotatable bonds is 3. The molecule has 4 rings (SSSR count). The van der Waals surface area contributed by atoms with Crippen LogP contribution >= 0.6 is 0 Å². The monoisotopic (exact) mass is 324 g/mol. The molecule has 0 unspecified atom stereocenters. The second-order valence-corrected chi connectivity index (χ2v) is 5.96. The van der Waals surface area contributed by atoms with Crippen molar-refractivity contribution < 1.29 is 4.79 Å². The summed E-state index contributed by atoms with van der Waals surface area (Å²) in [6.07, 6.45) is 6.75. The van der Waals surface area contributed by atoms with E-state index in [0.29, 0.717) is 12.2 Å². The van der Waals surface area contributed by atoms with Gasteiger partial charge in [0.2, 0.25) is 0 Å². The van der Waals surface area contributed by atoms with E-state index in [-0.39, 0.29) is 12.1 Å². The van der Waals surface area contributed by atoms with Gasteiger partial charge in [0.15, 0.2) is 5.69 Å². The van der Waals surface area contributed by atoms with Gasteiger partial charge in [-0.15, -0.1) is 0 Å². The Labute approximate surface area is 138 Å². The van der Waals surface area contributed by atoms with Crippen molar-refractivity contribution in [3.05, 3.63) is 30.5 Å². The van der Waals surface area contributed by atoms with Gasteiger partial charge in [0, 0.05) is 39.4 Å². The van der Waals surface area contributed by atoms with Crippen LogP contribution in [0.15, 0.2) is 24.8 Å². The number of carbonyl (C=O) groups excluding carboxylic acids is 1. The SMILES string of the molecule is CN1CCN(c2cnn(C3CN(c4cnc(C#N)cn4)C3)c2)C1=O. The van der Waals surface area contributed by atoms with Crippen LogP contribution in [0.25, 0.3) is 0 Å². The highest BCUT2D eigenvalue weighted by Crippen LogP contribution is 2.27. The predicted molar refractivity (Wildman–Crippen MR) is 85.6 cm³/mol. The first-order chi connectivity index (χ1) is 11.7. The minimum atomic E-state index is 0.0117. The smallest absolute Gasteiger partial charge is 0.324 e. The molecule has 4 heterocycles. The van der Waals surface area contributed by atoms with E-state index in [1.165, 1.54) is 6.20 Å². The Bertz CT molecular complexity index is 802. The molecule has 2 aliphatic rings. The zero-order valence-electron chi connectivity index (χ0n) is 13.2. The van der Waals surface area contributed by atoms with Crippen LogP contribution in [0, 0.1) is 11.3 Å². The molecule has 0 N–H and O–H groups in total. The van der Waals surface area contributed by atoms with Gasteiger partial charge in [-0.1, -0.05) is 0 Å². The van der Waals surface area contributed by atoms with Gasteiger partial charge in [-0.3, -0.25) is 9.58 Å². The number of nitriles is 1. The van der Waals surface area contributed by atoms with Gasteiger partial charge >= 0.3 is 6.03 Å². The lowest BCUT2D eigenvalue weighted by molar-refractivity contribution is 0.229. The van der Waals surface area contributed by atoms with Crippen molar-refractivity contribution in [2.45, 2.75) is 6.04 Å². The number of anilines is 2. The lowest BCUT2D eigenvalue weighted by Gasteiger charge is -2.39. The molecule has 0 radical (unpaired) electrons. The average molecular weight is 324 g/mol. The van der Waals surface area contributed by atoms with Gasteiger partial charge in [0.25, 0.3) is 0 Å². The summed E-state index contributed by atoms with van der Waals surface area (Å²) in [4.78, 5) is 25.8. The number of hydrogen-bond acceptors (Lipinski definition) is 6. The van der Waals surface area contributed by atoms with Gasteiger partial charge in [-0.25, -0.2) is 14.8 Å². The Kier molecular flexibility index (Phi) is 3.30. The lowest BCUT2D eigenvalue weighted by Crippen LogP contribution is -2.48. The first-order valence-corrected chi connectivity index (χ1v) is 7.69. The molecule has 2 aliphatic heterocycles. The Morgan fingerprint density at radius 1 is 1.21 bits per heavy atom. The standard InChI is InChI=1S/C15H16N8O/c1-20-2-3-22(15(20)24)12-6-19-23(10-12)13-8-21(9-13)14-7-17-11(4-16)5-18-14/h5-7,10,13H,2-3,8-9H2,1H3. The topological polar surface area (TPSA) is 94.2 Å². The highest BCUT2D eigenvalue weighted by atomic mass is 16.2. The zero-order chi connectivity index (χ0) is 16.7. The largest absolute Gasteiger partial charge is 0.351 e. The fraction of sp³-hybridized carbons (Fsp3) is 0.400. The molecular weight excluding hydrogens is 308 g/mol. The van der Waals surface area contributed by atoms with Crippen molar-refractivity contribution in [3.8, 4) is 6.07 Å². The summed E-state index contributed by atoms with van der Waals surface area (Å²) in [5, 5.41) is 13.1. The molecular formula is C15H16N8O. The summed E-state index contributed by atoms with van der Waals surface area (Å²) in [6, 6.07) is 2.21. The van der Waals surface area contributed by atoms with Crippen molar-refractivity contribution in [1.82, 2.24) is 24.6 Å². The van der Waals surface area contributed by atoms with E-state index in [9.17, 15) is 4.79 Å². The Balaban J connectivity index is 1.40. The Morgan fingerprint density at radius 2 is 2.04 bits per heavy atom. The normalized spacial score (nSPS) is 18.0. The average Bonchev–Trinajstić information content (AvgIpc) is 3.15. The second-order valence-electron chi connectivity index (χ2n) is 5.96. The summed E-state index contributed by atoms with van der Waals surface area (Å²) >= 11 is 0. The summed E-state index contributed by atoms with van der Waals surface area (Å²) in [5.74, 6) is 0.758. The highest BCUT2D eigenvalue weighted by Gasteiger charge is 2.32. The molecule has 0 saturated carbocycles. The van der Waals surface area contributed by atoms with Gasteiger partial charge in [-0.05, 0) is 0 Å². The van der Waals surface area contributed by atoms with Crippen LogP contribution in [0.3, 0.4) is 0 Å². The maximum Gasteiger partial charge on any atom is 0.324 e. The fourth-order valence-electron chi connectivity index (χ4n) is 2.91. The number of carbonyl (C=O) groups is 1. The molecule has 0 spiro atoms. The van der Waals surface area contributed by atoms with Crippen molar-refractivity contribution in [2.24, 2.45) is 0 Å². The number of urea groups is 1. The molecule has 122 valence electrons. The Hall–Kier alpha value is -3.15. The van der Waals surface area contributed by atoms with Crippen LogP contribution in [0.2, 0.25) is 0 Å². The predicted octanol–water partition coefficient (Wildman–Crippen LogP) is 0.478. The van der Waals surface area contributed by atoms with Crippen LogP contribution in [-0.2, 0) is 0 Å². The van der Waals surface area contributed by atoms with Gasteiger partial charge in [0.1, 0.15) is 11.9 Å². The Morgan fingerprint density at radius 3 is 2.67 bits per heavy atom. The molecule has 2 amide bonds. The summed E-state index contributed by atoms with van der Waals surface area (Å²) < 4.78 is 1.90. The second kappa shape index (κ2) is 5.49. The number of hydrogen-bond donors (Lipinski definition) is 0. The zero-order valence-corrected chi connectivity index (χ0v) is 13.2. The molecule has 9 heteroatoms. The molecule has 0 bridgehead atoms. The minimum absolute atomic E-state index is 0.0117. The molecule has 2 aromatic rings. The maximum atomic E-state index is 12.0. The van der Waals surface area contributed by atoms with E-state index in [2.05, 4.69) is 20.0 Å².